The van der Waals surface area contributed by atoms with Gasteiger partial charge in [-0.15, -0.1) is 0 Å². The Labute approximate surface area is 147 Å². The van der Waals surface area contributed by atoms with E-state index >= 15 is 0 Å². The molecule has 25 heavy (non-hydrogen) atoms. The molecule has 1 saturated heterocycles. The molecule has 1 aliphatic rings. The molecule has 0 unspecified atom stereocenters. The number of hydrogen-bond donors (Lipinski definition) is 1. The lowest BCUT2D eigenvalue weighted by molar-refractivity contribution is -0.125. The molecular formula is C18H24N4O3. The van der Waals surface area contributed by atoms with Crippen LogP contribution in [0.2, 0.25) is 0 Å². The molecule has 2 heterocycles. The lowest BCUT2D eigenvalue weighted by Crippen LogP contribution is -2.43. The molecule has 1 aromatic heterocycles. The van der Waals surface area contributed by atoms with E-state index in [2.05, 4.69) is 20.4 Å². The average molecular weight is 344 g/mol. The Kier molecular flexibility index (Phi) is 5.65. The maximum absolute atomic E-state index is 12.1. The summed E-state index contributed by atoms with van der Waals surface area (Å²) in [4.78, 5) is 18.7. The molecule has 0 spiro atoms. The number of aromatic nitrogens is 2. The van der Waals surface area contributed by atoms with Crippen molar-refractivity contribution in [2.24, 2.45) is 0 Å². The van der Waals surface area contributed by atoms with Gasteiger partial charge >= 0.3 is 0 Å². The molecular weight excluding hydrogens is 320 g/mol. The third-order valence-electron chi connectivity index (χ3n) is 4.28. The Balaban J connectivity index is 1.71. The lowest BCUT2D eigenvalue weighted by Gasteiger charge is -2.25. The van der Waals surface area contributed by atoms with Crippen LogP contribution in [-0.2, 0) is 11.3 Å². The number of carbonyl (C=O) groups excluding carboxylic acids is 1. The first-order valence-electron chi connectivity index (χ1n) is 8.78. The molecule has 7 heteroatoms. The number of carbonyl (C=O) groups is 1. The van der Waals surface area contributed by atoms with Crippen LogP contribution in [0.3, 0.4) is 0 Å². The fourth-order valence-corrected chi connectivity index (χ4v) is 3.04. The summed E-state index contributed by atoms with van der Waals surface area (Å²) in [6.45, 7) is 6.63. The van der Waals surface area contributed by atoms with E-state index in [-0.39, 0.29) is 11.9 Å². The van der Waals surface area contributed by atoms with E-state index in [1.807, 2.05) is 38.1 Å². The van der Waals surface area contributed by atoms with E-state index in [9.17, 15) is 4.79 Å². The van der Waals surface area contributed by atoms with Crippen molar-refractivity contribution in [2.45, 2.75) is 39.3 Å². The number of ether oxygens (including phenoxy) is 1. The van der Waals surface area contributed by atoms with Gasteiger partial charge in [0.05, 0.1) is 19.2 Å². The number of amides is 1. The minimum absolute atomic E-state index is 0.0752. The van der Waals surface area contributed by atoms with Crippen LogP contribution in [0, 0.1) is 0 Å². The molecule has 0 aliphatic carbocycles. The van der Waals surface area contributed by atoms with Crippen molar-refractivity contribution in [1.82, 2.24) is 20.4 Å². The summed E-state index contributed by atoms with van der Waals surface area (Å²) in [5.41, 5.74) is 0.874. The van der Waals surface area contributed by atoms with E-state index in [0.29, 0.717) is 31.4 Å². The quantitative estimate of drug-likeness (QED) is 0.865. The Hall–Kier alpha value is -2.41. The second kappa shape index (κ2) is 8.11. The van der Waals surface area contributed by atoms with Gasteiger partial charge in [0.1, 0.15) is 5.75 Å². The van der Waals surface area contributed by atoms with Gasteiger partial charge in [-0.2, -0.15) is 4.98 Å². The SMILES string of the molecule is CCOc1ccc(-c2noc(CN3CCCNC(=O)[C@@H]3CC)n2)cc1. The van der Waals surface area contributed by atoms with Crippen LogP contribution in [-0.4, -0.2) is 46.7 Å². The number of hydrogen-bond acceptors (Lipinski definition) is 6. The second-order valence-corrected chi connectivity index (χ2v) is 6.01. The number of rotatable bonds is 6. The minimum atomic E-state index is -0.150. The van der Waals surface area contributed by atoms with Gasteiger partial charge in [0, 0.05) is 18.7 Å². The van der Waals surface area contributed by atoms with Crippen molar-refractivity contribution in [3.8, 4) is 17.1 Å². The number of benzene rings is 1. The van der Waals surface area contributed by atoms with E-state index in [0.717, 1.165) is 30.7 Å². The summed E-state index contributed by atoms with van der Waals surface area (Å²) in [5.74, 6) is 1.96. The number of nitrogens with one attached hydrogen (secondary N) is 1. The zero-order chi connectivity index (χ0) is 17.6. The van der Waals surface area contributed by atoms with Gasteiger partial charge in [0.2, 0.25) is 17.6 Å². The van der Waals surface area contributed by atoms with E-state index < -0.39 is 0 Å². The molecule has 1 atom stereocenters. The van der Waals surface area contributed by atoms with Crippen molar-refractivity contribution in [3.63, 3.8) is 0 Å². The molecule has 3 rings (SSSR count). The normalized spacial score (nSPS) is 18.6. The largest absolute Gasteiger partial charge is 0.494 e. The summed E-state index contributed by atoms with van der Waals surface area (Å²) in [6, 6.07) is 7.45. The van der Waals surface area contributed by atoms with Gasteiger partial charge in [-0.25, -0.2) is 0 Å². The van der Waals surface area contributed by atoms with Crippen molar-refractivity contribution >= 4 is 5.91 Å². The highest BCUT2D eigenvalue weighted by Gasteiger charge is 2.27. The summed E-state index contributed by atoms with van der Waals surface area (Å²) in [6.07, 6.45) is 1.67. The Morgan fingerprint density at radius 1 is 1.32 bits per heavy atom. The maximum Gasteiger partial charge on any atom is 0.241 e. The molecule has 2 aromatic rings. The van der Waals surface area contributed by atoms with Gasteiger partial charge in [-0.05, 0) is 44.0 Å². The molecule has 1 aromatic carbocycles. The molecule has 0 saturated carbocycles. The van der Waals surface area contributed by atoms with Gasteiger partial charge in [0.25, 0.3) is 0 Å². The highest BCUT2D eigenvalue weighted by Crippen LogP contribution is 2.21. The van der Waals surface area contributed by atoms with Crippen LogP contribution in [0.4, 0.5) is 0 Å². The van der Waals surface area contributed by atoms with Gasteiger partial charge < -0.3 is 14.6 Å². The topological polar surface area (TPSA) is 80.5 Å². The van der Waals surface area contributed by atoms with E-state index in [4.69, 9.17) is 9.26 Å². The van der Waals surface area contributed by atoms with Crippen LogP contribution >= 0.6 is 0 Å². The van der Waals surface area contributed by atoms with Gasteiger partial charge in [0.15, 0.2) is 0 Å². The second-order valence-electron chi connectivity index (χ2n) is 6.01. The van der Waals surface area contributed by atoms with Gasteiger partial charge in [-0.1, -0.05) is 12.1 Å². The molecule has 134 valence electrons. The summed E-state index contributed by atoms with van der Waals surface area (Å²) >= 11 is 0. The first kappa shape index (κ1) is 17.4. The Bertz CT molecular complexity index is 699. The predicted octanol–water partition coefficient (Wildman–Crippen LogP) is 2.24. The fraction of sp³-hybridized carbons (Fsp3) is 0.500. The Morgan fingerprint density at radius 3 is 2.84 bits per heavy atom. The Morgan fingerprint density at radius 2 is 2.12 bits per heavy atom. The molecule has 0 bridgehead atoms. The third-order valence-corrected chi connectivity index (χ3v) is 4.28. The smallest absolute Gasteiger partial charge is 0.241 e. The van der Waals surface area contributed by atoms with E-state index in [1.165, 1.54) is 0 Å². The highest BCUT2D eigenvalue weighted by atomic mass is 16.5. The van der Waals surface area contributed by atoms with Crippen molar-refractivity contribution < 1.29 is 14.1 Å². The predicted molar refractivity (Wildman–Crippen MR) is 93.0 cm³/mol. The van der Waals surface area contributed by atoms with Crippen LogP contribution in [0.15, 0.2) is 28.8 Å². The molecule has 1 N–H and O–H groups in total. The molecule has 7 nitrogen and oxygen atoms in total. The monoisotopic (exact) mass is 344 g/mol. The zero-order valence-electron chi connectivity index (χ0n) is 14.7. The zero-order valence-corrected chi connectivity index (χ0v) is 14.7. The minimum Gasteiger partial charge on any atom is -0.494 e. The van der Waals surface area contributed by atoms with Crippen LogP contribution < -0.4 is 10.1 Å². The van der Waals surface area contributed by atoms with Crippen molar-refractivity contribution in [1.29, 1.82) is 0 Å². The summed E-state index contributed by atoms with van der Waals surface area (Å²) < 4.78 is 10.8. The highest BCUT2D eigenvalue weighted by molar-refractivity contribution is 5.81. The molecule has 1 aliphatic heterocycles. The van der Waals surface area contributed by atoms with Crippen LogP contribution in [0.1, 0.15) is 32.6 Å². The van der Waals surface area contributed by atoms with Crippen molar-refractivity contribution in [2.75, 3.05) is 19.7 Å². The standard InChI is InChI=1S/C18H24N4O3/c1-3-15-18(23)19-10-5-11-22(15)12-16-20-17(21-25-16)13-6-8-14(9-7-13)24-4-2/h6-9,15H,3-5,10-12H2,1-2H3,(H,19,23)/t15-/m0/s1. The first-order chi connectivity index (χ1) is 12.2. The average Bonchev–Trinajstić information content (AvgIpc) is 3.01. The van der Waals surface area contributed by atoms with Crippen molar-refractivity contribution in [3.05, 3.63) is 30.2 Å². The van der Waals surface area contributed by atoms with Crippen LogP contribution in [0.5, 0.6) is 5.75 Å². The molecule has 1 fully saturated rings. The summed E-state index contributed by atoms with van der Waals surface area (Å²) in [5, 5.41) is 7.02. The maximum atomic E-state index is 12.1. The van der Waals surface area contributed by atoms with Crippen LogP contribution in [0.25, 0.3) is 11.4 Å². The third kappa shape index (κ3) is 4.17. The number of nitrogens with zero attached hydrogens (tertiary/aromatic N) is 3. The van der Waals surface area contributed by atoms with Gasteiger partial charge in [-0.3, -0.25) is 9.69 Å². The molecule has 1 amide bonds. The van der Waals surface area contributed by atoms with E-state index in [1.54, 1.807) is 0 Å². The first-order valence-corrected chi connectivity index (χ1v) is 8.78. The fourth-order valence-electron chi connectivity index (χ4n) is 3.04. The molecule has 0 radical (unpaired) electrons. The summed E-state index contributed by atoms with van der Waals surface area (Å²) in [7, 11) is 0. The lowest BCUT2D eigenvalue weighted by atomic mass is 10.2.